The predicted octanol–water partition coefficient (Wildman–Crippen LogP) is -0.511. The van der Waals surface area contributed by atoms with E-state index in [0.717, 1.165) is 6.42 Å². The molecule has 0 radical (unpaired) electrons. The zero-order chi connectivity index (χ0) is 11.7. The molecule has 0 bridgehead atoms. The van der Waals surface area contributed by atoms with Gasteiger partial charge in [0.05, 0.1) is 6.10 Å². The van der Waals surface area contributed by atoms with Crippen LogP contribution in [0.5, 0.6) is 0 Å². The van der Waals surface area contributed by atoms with Gasteiger partial charge in [0.1, 0.15) is 0 Å². The maximum absolute atomic E-state index is 9.18. The third-order valence-corrected chi connectivity index (χ3v) is 2.45. The maximum Gasteiger partial charge on any atom is 0.633 e. The molecular weight excluding hydrogens is 197 g/mol. The lowest BCUT2D eigenvalue weighted by Crippen LogP contribution is -2.21. The van der Waals surface area contributed by atoms with E-state index in [9.17, 15) is 5.11 Å². The fourth-order valence-electron chi connectivity index (χ4n) is 1.47. The molecule has 0 aromatic heterocycles. The fourth-order valence-corrected chi connectivity index (χ4v) is 1.47. The Morgan fingerprint density at radius 3 is 2.20 bits per heavy atom. The van der Waals surface area contributed by atoms with Crippen LogP contribution in [0.1, 0.15) is 32.6 Å². The van der Waals surface area contributed by atoms with Gasteiger partial charge in [-0.05, 0) is 18.8 Å². The van der Waals surface area contributed by atoms with E-state index >= 15 is 0 Å². The molecule has 6 heteroatoms. The highest BCUT2D eigenvalue weighted by molar-refractivity contribution is 6.32. The summed E-state index contributed by atoms with van der Waals surface area (Å²) in [5.74, 6) is 0.559. The summed E-state index contributed by atoms with van der Waals surface area (Å²) in [6.45, 7) is 2.61. The zero-order valence-electron chi connectivity index (χ0n) is 9.30. The van der Waals surface area contributed by atoms with Gasteiger partial charge in [-0.1, -0.05) is 19.8 Å². The molecule has 5 N–H and O–H groups in total. The van der Waals surface area contributed by atoms with E-state index in [0.29, 0.717) is 12.5 Å². The second kappa shape index (κ2) is 9.12. The number of aliphatic hydroxyl groups is 1. The predicted molar refractivity (Wildman–Crippen MR) is 58.8 cm³/mol. The smallest absolute Gasteiger partial charge is 0.402 e. The van der Waals surface area contributed by atoms with Gasteiger partial charge in [0.15, 0.2) is 0 Å². The van der Waals surface area contributed by atoms with Crippen LogP contribution in [-0.4, -0.2) is 41.7 Å². The molecule has 0 heterocycles. The molecule has 0 aromatic carbocycles. The average molecular weight is 219 g/mol. The molecule has 0 spiro atoms. The van der Waals surface area contributed by atoms with Gasteiger partial charge in [-0.3, -0.25) is 0 Å². The van der Waals surface area contributed by atoms with Crippen LogP contribution in [0.3, 0.4) is 0 Å². The highest BCUT2D eigenvalue weighted by Crippen LogP contribution is 2.22. The summed E-state index contributed by atoms with van der Waals surface area (Å²) in [6, 6.07) is 0. The Bertz CT molecular complexity index is 138. The summed E-state index contributed by atoms with van der Waals surface area (Å²) in [5.41, 5.74) is 4.93. The zero-order valence-corrected chi connectivity index (χ0v) is 9.30. The van der Waals surface area contributed by atoms with E-state index < -0.39 is 7.32 Å². The number of aliphatic hydroxyl groups excluding tert-OH is 1. The second-order valence-electron chi connectivity index (χ2n) is 3.81. The molecule has 2 unspecified atom stereocenters. The van der Waals surface area contributed by atoms with Crippen molar-refractivity contribution in [3.63, 3.8) is 0 Å². The summed E-state index contributed by atoms with van der Waals surface area (Å²) in [6.07, 6.45) is 4.80. The fraction of sp³-hybridized carbons (Fsp3) is 1.00. The molecule has 1 fully saturated rings. The van der Waals surface area contributed by atoms with Crippen molar-refractivity contribution in [1.82, 2.24) is 0 Å². The van der Waals surface area contributed by atoms with Crippen molar-refractivity contribution in [3.8, 4) is 0 Å². The van der Waals surface area contributed by atoms with Gasteiger partial charge in [0.25, 0.3) is 0 Å². The molecule has 0 aromatic rings. The minimum atomic E-state index is -1.68. The standard InChI is InChI=1S/C7H14O.C2H8BNO3/c1-6-4-2-3-5-7(6)8;4-1-2-7-3(5)6/h6-8H,2-5H2,1H3;5-6H,1-2,4H2. The molecule has 1 aliphatic carbocycles. The Balaban J connectivity index is 0.000000265. The summed E-state index contributed by atoms with van der Waals surface area (Å²) in [5, 5.41) is 25.1. The van der Waals surface area contributed by atoms with Crippen LogP contribution in [0.2, 0.25) is 0 Å². The number of hydrogen-bond acceptors (Lipinski definition) is 5. The highest BCUT2D eigenvalue weighted by atomic mass is 16.6. The van der Waals surface area contributed by atoms with Gasteiger partial charge in [-0.2, -0.15) is 0 Å². The van der Waals surface area contributed by atoms with Gasteiger partial charge in [-0.25, -0.2) is 0 Å². The van der Waals surface area contributed by atoms with Crippen molar-refractivity contribution in [2.75, 3.05) is 13.2 Å². The summed E-state index contributed by atoms with van der Waals surface area (Å²) in [4.78, 5) is 0. The van der Waals surface area contributed by atoms with Crippen molar-refractivity contribution < 1.29 is 19.8 Å². The van der Waals surface area contributed by atoms with Gasteiger partial charge >= 0.3 is 7.32 Å². The van der Waals surface area contributed by atoms with Crippen LogP contribution in [0.4, 0.5) is 0 Å². The minimum absolute atomic E-state index is 0.00347. The van der Waals surface area contributed by atoms with Gasteiger partial charge in [-0.15, -0.1) is 0 Å². The largest absolute Gasteiger partial charge is 0.633 e. The molecule has 2 atom stereocenters. The van der Waals surface area contributed by atoms with Crippen LogP contribution < -0.4 is 5.73 Å². The van der Waals surface area contributed by atoms with Gasteiger partial charge < -0.3 is 25.5 Å². The summed E-state index contributed by atoms with van der Waals surface area (Å²) >= 11 is 0. The van der Waals surface area contributed by atoms with E-state index in [1.165, 1.54) is 19.3 Å². The normalized spacial score (nSPS) is 25.4. The lowest BCUT2D eigenvalue weighted by molar-refractivity contribution is 0.0793. The van der Waals surface area contributed by atoms with Crippen molar-refractivity contribution >= 4 is 7.32 Å². The Morgan fingerprint density at radius 2 is 1.93 bits per heavy atom. The molecule has 1 aliphatic rings. The Kier molecular flexibility index (Phi) is 9.04. The van der Waals surface area contributed by atoms with E-state index in [4.69, 9.17) is 15.8 Å². The molecule has 1 saturated carbocycles. The van der Waals surface area contributed by atoms with Crippen LogP contribution in [-0.2, 0) is 4.65 Å². The molecule has 5 nitrogen and oxygen atoms in total. The third kappa shape index (κ3) is 8.83. The first kappa shape index (κ1) is 14.9. The second-order valence-corrected chi connectivity index (χ2v) is 3.81. The first-order valence-electron chi connectivity index (χ1n) is 5.43. The lowest BCUT2D eigenvalue weighted by atomic mass is 9.88. The van der Waals surface area contributed by atoms with E-state index in [-0.39, 0.29) is 12.7 Å². The number of hydrogen-bond donors (Lipinski definition) is 4. The number of nitrogens with two attached hydrogens (primary N) is 1. The topological polar surface area (TPSA) is 95.9 Å². The molecule has 90 valence electrons. The minimum Gasteiger partial charge on any atom is -0.402 e. The van der Waals surface area contributed by atoms with E-state index in [2.05, 4.69) is 11.6 Å². The average Bonchev–Trinajstić information content (AvgIpc) is 2.20. The van der Waals surface area contributed by atoms with Crippen LogP contribution in [0, 0.1) is 5.92 Å². The molecule has 1 rings (SSSR count). The van der Waals surface area contributed by atoms with E-state index in [1.807, 2.05) is 0 Å². The van der Waals surface area contributed by atoms with Crippen molar-refractivity contribution in [2.45, 2.75) is 38.7 Å². The Labute approximate surface area is 91.4 Å². The first-order chi connectivity index (χ1) is 7.07. The summed E-state index contributed by atoms with van der Waals surface area (Å²) in [7, 11) is -1.68. The molecule has 0 aliphatic heterocycles. The first-order valence-corrected chi connectivity index (χ1v) is 5.43. The van der Waals surface area contributed by atoms with Gasteiger partial charge in [0, 0.05) is 13.2 Å². The van der Waals surface area contributed by atoms with Gasteiger partial charge in [0.2, 0.25) is 0 Å². The van der Waals surface area contributed by atoms with E-state index in [1.54, 1.807) is 0 Å². The van der Waals surface area contributed by atoms with Crippen LogP contribution in [0.25, 0.3) is 0 Å². The SMILES string of the molecule is CC1CCCCC1O.NCCOB(O)O. The molecule has 0 amide bonds. The van der Waals surface area contributed by atoms with Crippen LogP contribution >= 0.6 is 0 Å². The third-order valence-electron chi connectivity index (χ3n) is 2.45. The molecule has 15 heavy (non-hydrogen) atoms. The molecule has 0 saturated heterocycles. The molecular formula is C9H22BNO4. The Morgan fingerprint density at radius 1 is 1.33 bits per heavy atom. The monoisotopic (exact) mass is 219 g/mol. The van der Waals surface area contributed by atoms with Crippen LogP contribution in [0.15, 0.2) is 0 Å². The summed E-state index contributed by atoms with van der Waals surface area (Å²) < 4.78 is 4.18. The van der Waals surface area contributed by atoms with Crippen molar-refractivity contribution in [1.29, 1.82) is 0 Å². The lowest BCUT2D eigenvalue weighted by Gasteiger charge is -2.23. The Hall–Kier alpha value is -0.135. The van der Waals surface area contributed by atoms with Crippen molar-refractivity contribution in [3.05, 3.63) is 0 Å². The maximum atomic E-state index is 9.18. The van der Waals surface area contributed by atoms with Crippen molar-refractivity contribution in [2.24, 2.45) is 11.7 Å². The number of rotatable bonds is 3. The highest BCUT2D eigenvalue weighted by Gasteiger charge is 2.17. The quantitative estimate of drug-likeness (QED) is 0.479.